The van der Waals surface area contributed by atoms with Gasteiger partial charge >= 0.3 is 12.6 Å². The van der Waals surface area contributed by atoms with Gasteiger partial charge < -0.3 is 20.1 Å². The Hall–Kier alpha value is -3.23. The van der Waals surface area contributed by atoms with Crippen molar-refractivity contribution in [2.75, 3.05) is 5.32 Å². The maximum absolute atomic E-state index is 14.1. The highest BCUT2D eigenvalue weighted by Gasteiger charge is 2.58. The topological polar surface area (TPSA) is 91.8 Å². The molecule has 2 fully saturated rings. The van der Waals surface area contributed by atoms with Gasteiger partial charge in [0, 0.05) is 17.9 Å². The van der Waals surface area contributed by atoms with Crippen LogP contribution in [0.3, 0.4) is 0 Å². The molecule has 1 saturated heterocycles. The first-order valence-electron chi connectivity index (χ1n) is 12.9. The second-order valence-corrected chi connectivity index (χ2v) is 11.0. The zero-order chi connectivity index (χ0) is 26.7. The molecule has 200 valence electrons. The minimum atomic E-state index is -3.02. The van der Waals surface area contributed by atoms with Crippen molar-refractivity contribution in [3.63, 3.8) is 0 Å². The number of rotatable bonds is 7. The van der Waals surface area contributed by atoms with E-state index in [0.29, 0.717) is 0 Å². The summed E-state index contributed by atoms with van der Waals surface area (Å²) in [6, 6.07) is 11.7. The minimum absolute atomic E-state index is 0.137. The van der Waals surface area contributed by atoms with Crippen molar-refractivity contribution in [2.24, 2.45) is 17.3 Å². The fraction of sp³-hybridized carbons (Fsp3) is 0.536. The third kappa shape index (κ3) is 5.86. The van der Waals surface area contributed by atoms with Gasteiger partial charge in [-0.3, -0.25) is 4.79 Å². The molecule has 0 bridgehead atoms. The van der Waals surface area contributed by atoms with Gasteiger partial charge in [0.15, 0.2) is 0 Å². The van der Waals surface area contributed by atoms with Crippen LogP contribution in [-0.4, -0.2) is 45.6 Å². The van der Waals surface area contributed by atoms with Crippen LogP contribution in [0.4, 0.5) is 14.6 Å². The molecule has 2 heterocycles. The van der Waals surface area contributed by atoms with Gasteiger partial charge in [0.05, 0.1) is 12.1 Å². The predicted octanol–water partition coefficient (Wildman–Crippen LogP) is 5.74. The third-order valence-corrected chi connectivity index (χ3v) is 7.52. The lowest BCUT2D eigenvalue weighted by Crippen LogP contribution is -2.49. The van der Waals surface area contributed by atoms with E-state index in [-0.39, 0.29) is 23.5 Å². The van der Waals surface area contributed by atoms with E-state index in [4.69, 9.17) is 0 Å². The number of nitrogens with zero attached hydrogens (tertiary/aromatic N) is 2. The monoisotopic (exact) mass is 515 g/mol. The summed E-state index contributed by atoms with van der Waals surface area (Å²) >= 11 is 0. The van der Waals surface area contributed by atoms with Crippen LogP contribution in [0.1, 0.15) is 64.5 Å². The number of carboxylic acids is 1. The van der Waals surface area contributed by atoms with E-state index in [9.17, 15) is 23.5 Å². The highest BCUT2D eigenvalue weighted by atomic mass is 19.3. The first kappa shape index (κ1) is 26.8. The fourth-order valence-electron chi connectivity index (χ4n) is 6.04. The number of hydrogen-bond acceptors (Lipinski definition) is 5. The molecule has 2 N–H and O–H groups in total. The van der Waals surface area contributed by atoms with Crippen LogP contribution in [-0.2, 0) is 9.59 Å². The molecule has 1 saturated carbocycles. The van der Waals surface area contributed by atoms with E-state index in [1.54, 1.807) is 17.0 Å². The number of pyridine rings is 1. The van der Waals surface area contributed by atoms with E-state index < -0.39 is 42.0 Å². The van der Waals surface area contributed by atoms with Gasteiger partial charge in [-0.05, 0) is 29.9 Å². The molecule has 1 aromatic carbocycles. The highest BCUT2D eigenvalue weighted by molar-refractivity contribution is 5.87. The van der Waals surface area contributed by atoms with Gasteiger partial charge in [-0.1, -0.05) is 76.4 Å². The zero-order valence-corrected chi connectivity index (χ0v) is 21.4. The highest BCUT2D eigenvalue weighted by Crippen LogP contribution is 2.50. The third-order valence-electron chi connectivity index (χ3n) is 7.52. The zero-order valence-electron chi connectivity index (χ0n) is 21.4. The van der Waals surface area contributed by atoms with Crippen LogP contribution >= 0.6 is 0 Å². The number of anilines is 1. The lowest BCUT2D eigenvalue weighted by atomic mass is 9.72. The number of amides is 1. The Morgan fingerprint density at radius 2 is 1.73 bits per heavy atom. The number of aromatic nitrogens is 1. The minimum Gasteiger partial charge on any atom is -0.480 e. The summed E-state index contributed by atoms with van der Waals surface area (Å²) in [5, 5.41) is 13.9. The molecule has 1 aliphatic heterocycles. The SMILES string of the molecule is CC(C)(C)[C@@H]1[C@@H](Nc2cccc(OC(F)F)n2)[C@@H](c2ccccc2)N(C(=O)C2CCCCC2)[C@H]1C(=O)O. The summed E-state index contributed by atoms with van der Waals surface area (Å²) in [6.07, 6.45) is 4.46. The second kappa shape index (κ2) is 11.0. The molecule has 9 heteroatoms. The molecule has 1 aromatic heterocycles. The number of aliphatic carboxylic acids is 1. The number of nitrogens with one attached hydrogen (secondary N) is 1. The number of benzene rings is 1. The summed E-state index contributed by atoms with van der Waals surface area (Å²) < 4.78 is 30.1. The number of ether oxygens (including phenoxy) is 1. The number of likely N-dealkylation sites (tertiary alicyclic amines) is 1. The number of carboxylic acid groups (broad SMARTS) is 1. The van der Waals surface area contributed by atoms with Crippen molar-refractivity contribution in [1.82, 2.24) is 9.88 Å². The normalized spacial score (nSPS) is 24.8. The Balaban J connectivity index is 1.83. The van der Waals surface area contributed by atoms with E-state index in [2.05, 4.69) is 15.0 Å². The summed E-state index contributed by atoms with van der Waals surface area (Å²) in [5.41, 5.74) is 0.286. The van der Waals surface area contributed by atoms with E-state index in [1.807, 2.05) is 51.1 Å². The largest absolute Gasteiger partial charge is 0.480 e. The Morgan fingerprint density at radius 3 is 2.32 bits per heavy atom. The summed E-state index contributed by atoms with van der Waals surface area (Å²) in [7, 11) is 0. The van der Waals surface area contributed by atoms with Crippen molar-refractivity contribution in [3.8, 4) is 5.88 Å². The van der Waals surface area contributed by atoms with Gasteiger partial charge in [-0.2, -0.15) is 13.8 Å². The summed E-state index contributed by atoms with van der Waals surface area (Å²) in [4.78, 5) is 32.7. The predicted molar refractivity (Wildman–Crippen MR) is 135 cm³/mol. The molecule has 1 amide bonds. The molecule has 4 rings (SSSR count). The second-order valence-electron chi connectivity index (χ2n) is 11.0. The number of alkyl halides is 2. The van der Waals surface area contributed by atoms with Crippen LogP contribution in [0.5, 0.6) is 5.88 Å². The standard InChI is InChI=1S/C28H35F2N3O4/c1-28(2,3)21-22(32-19-15-10-16-20(31-19)37-27(29)30)23(17-11-6-4-7-12-17)33(24(21)26(35)36)25(34)18-13-8-5-9-14-18/h4,6-7,10-12,15-16,18,21-24,27H,5,8-9,13-14H2,1-3H3,(H,31,32)(H,35,36)/t21-,22-,23-,24-/m1/s1. The molecule has 37 heavy (non-hydrogen) atoms. The van der Waals surface area contributed by atoms with E-state index >= 15 is 0 Å². The lowest BCUT2D eigenvalue weighted by molar-refractivity contribution is -0.154. The summed E-state index contributed by atoms with van der Waals surface area (Å²) in [5.74, 6) is -1.90. The molecule has 0 unspecified atom stereocenters. The Labute approximate surface area is 216 Å². The fourth-order valence-corrected chi connectivity index (χ4v) is 6.04. The van der Waals surface area contributed by atoms with Crippen LogP contribution in [0, 0.1) is 17.3 Å². The number of halogens is 2. The van der Waals surface area contributed by atoms with Gasteiger partial charge in [0.1, 0.15) is 11.9 Å². The Bertz CT molecular complexity index is 1090. The van der Waals surface area contributed by atoms with Gasteiger partial charge in [-0.15, -0.1) is 0 Å². The van der Waals surface area contributed by atoms with Crippen LogP contribution in [0.2, 0.25) is 0 Å². The van der Waals surface area contributed by atoms with Crippen LogP contribution in [0.25, 0.3) is 0 Å². The molecular weight excluding hydrogens is 480 g/mol. The Morgan fingerprint density at radius 1 is 1.05 bits per heavy atom. The first-order chi connectivity index (χ1) is 17.6. The molecule has 1 aliphatic carbocycles. The quantitative estimate of drug-likeness (QED) is 0.488. The molecule has 2 aromatic rings. The van der Waals surface area contributed by atoms with Crippen molar-refractivity contribution >= 4 is 17.7 Å². The van der Waals surface area contributed by atoms with Crippen LogP contribution < -0.4 is 10.1 Å². The van der Waals surface area contributed by atoms with Crippen molar-refractivity contribution < 1.29 is 28.2 Å². The summed E-state index contributed by atoms with van der Waals surface area (Å²) in [6.45, 7) is 2.86. The maximum Gasteiger partial charge on any atom is 0.388 e. The van der Waals surface area contributed by atoms with Crippen molar-refractivity contribution in [2.45, 2.75) is 77.6 Å². The van der Waals surface area contributed by atoms with Gasteiger partial charge in [0.2, 0.25) is 11.8 Å². The van der Waals surface area contributed by atoms with E-state index in [0.717, 1.165) is 37.7 Å². The molecule has 4 atom stereocenters. The maximum atomic E-state index is 14.1. The molecule has 0 radical (unpaired) electrons. The average Bonchev–Trinajstić information content (AvgIpc) is 3.20. The van der Waals surface area contributed by atoms with Gasteiger partial charge in [-0.25, -0.2) is 4.79 Å². The molecule has 7 nitrogen and oxygen atoms in total. The number of carbonyl (C=O) groups excluding carboxylic acids is 1. The van der Waals surface area contributed by atoms with Gasteiger partial charge in [0.25, 0.3) is 0 Å². The lowest BCUT2D eigenvalue weighted by Gasteiger charge is -2.36. The molecule has 0 spiro atoms. The molecular formula is C28H35F2N3O4. The van der Waals surface area contributed by atoms with Crippen LogP contribution in [0.15, 0.2) is 48.5 Å². The average molecular weight is 516 g/mol. The van der Waals surface area contributed by atoms with Crippen molar-refractivity contribution in [3.05, 3.63) is 54.1 Å². The Kier molecular flexibility index (Phi) is 7.99. The van der Waals surface area contributed by atoms with Crippen molar-refractivity contribution in [1.29, 1.82) is 0 Å². The first-order valence-corrected chi connectivity index (χ1v) is 12.9. The number of carbonyl (C=O) groups is 2. The van der Waals surface area contributed by atoms with E-state index in [1.165, 1.54) is 6.07 Å². The smallest absolute Gasteiger partial charge is 0.388 e. The number of hydrogen-bond donors (Lipinski definition) is 2. The molecule has 2 aliphatic rings.